The van der Waals surface area contributed by atoms with Gasteiger partial charge >= 0.3 is 0 Å². The molecule has 0 spiro atoms. The summed E-state index contributed by atoms with van der Waals surface area (Å²) in [4.78, 5) is 1.29. The minimum Gasteiger partial charge on any atom is -0.391 e. The van der Waals surface area contributed by atoms with Crippen molar-refractivity contribution in [3.8, 4) is 0 Å². The van der Waals surface area contributed by atoms with E-state index in [1.54, 1.807) is 11.8 Å². The van der Waals surface area contributed by atoms with E-state index >= 15 is 0 Å². The Hall–Kier alpha value is -0.510. The van der Waals surface area contributed by atoms with Gasteiger partial charge in [-0.2, -0.15) is 0 Å². The summed E-state index contributed by atoms with van der Waals surface area (Å²) in [6.07, 6.45) is 3.50. The maximum atomic E-state index is 9.62. The molecule has 1 atom stereocenters. The van der Waals surface area contributed by atoms with Crippen LogP contribution in [0.5, 0.6) is 0 Å². The Kier molecular flexibility index (Phi) is 4.27. The molecular formula is C13H19NOS. The first-order chi connectivity index (χ1) is 7.79. The Morgan fingerprint density at radius 3 is 3.00 bits per heavy atom. The summed E-state index contributed by atoms with van der Waals surface area (Å²) < 4.78 is 0. The number of thioether (sulfide) groups is 1. The number of aliphatic hydroxyl groups is 1. The van der Waals surface area contributed by atoms with Crippen molar-refractivity contribution < 1.29 is 5.11 Å². The summed E-state index contributed by atoms with van der Waals surface area (Å²) in [5.74, 6) is 0.764. The molecule has 1 unspecified atom stereocenters. The second-order valence-electron chi connectivity index (χ2n) is 4.31. The second kappa shape index (κ2) is 5.71. The molecule has 0 heterocycles. The number of hydrogen-bond acceptors (Lipinski definition) is 3. The van der Waals surface area contributed by atoms with Crippen molar-refractivity contribution in [3.05, 3.63) is 29.3 Å². The molecule has 0 bridgehead atoms. The number of hydrogen-bond donors (Lipinski definition) is 2. The van der Waals surface area contributed by atoms with Gasteiger partial charge in [0.15, 0.2) is 0 Å². The maximum absolute atomic E-state index is 9.62. The zero-order valence-corrected chi connectivity index (χ0v) is 10.5. The Morgan fingerprint density at radius 2 is 2.19 bits per heavy atom. The standard InChI is InChI=1S/C13H19NOS/c1-14-8-12(15)9-16-13-6-5-10-3-2-4-11(10)7-13/h5-7,12,14-15H,2-4,8-9H2,1H3. The van der Waals surface area contributed by atoms with E-state index in [1.165, 1.54) is 35.3 Å². The van der Waals surface area contributed by atoms with Gasteiger partial charge in [-0.3, -0.25) is 0 Å². The van der Waals surface area contributed by atoms with Crippen LogP contribution in [0.1, 0.15) is 17.5 Å². The lowest BCUT2D eigenvalue weighted by Gasteiger charge is -2.10. The minimum absolute atomic E-state index is 0.261. The van der Waals surface area contributed by atoms with Crippen LogP contribution in [-0.2, 0) is 12.8 Å². The lowest BCUT2D eigenvalue weighted by Crippen LogP contribution is -2.25. The molecule has 0 saturated carbocycles. The van der Waals surface area contributed by atoms with E-state index in [4.69, 9.17) is 0 Å². The van der Waals surface area contributed by atoms with Crippen LogP contribution in [0.25, 0.3) is 0 Å². The van der Waals surface area contributed by atoms with Crippen LogP contribution in [0.3, 0.4) is 0 Å². The van der Waals surface area contributed by atoms with Crippen molar-refractivity contribution in [2.24, 2.45) is 0 Å². The highest BCUT2D eigenvalue weighted by Gasteiger charge is 2.11. The summed E-state index contributed by atoms with van der Waals surface area (Å²) in [6.45, 7) is 0.665. The zero-order valence-electron chi connectivity index (χ0n) is 9.70. The van der Waals surface area contributed by atoms with Crippen molar-refractivity contribution in [1.29, 1.82) is 0 Å². The first-order valence-electron chi connectivity index (χ1n) is 5.87. The van der Waals surface area contributed by atoms with Crippen LogP contribution >= 0.6 is 11.8 Å². The molecule has 3 heteroatoms. The van der Waals surface area contributed by atoms with Gasteiger partial charge in [0, 0.05) is 17.2 Å². The van der Waals surface area contributed by atoms with Gasteiger partial charge < -0.3 is 10.4 Å². The van der Waals surface area contributed by atoms with Crippen LogP contribution in [0.4, 0.5) is 0 Å². The molecule has 1 aliphatic carbocycles. The molecule has 2 rings (SSSR count). The van der Waals surface area contributed by atoms with Crippen molar-refractivity contribution in [3.63, 3.8) is 0 Å². The molecule has 16 heavy (non-hydrogen) atoms. The lowest BCUT2D eigenvalue weighted by atomic mass is 10.1. The Bertz CT molecular complexity index is 354. The smallest absolute Gasteiger partial charge is 0.0758 e. The van der Waals surface area contributed by atoms with Gasteiger partial charge in [0.1, 0.15) is 0 Å². The number of fused-ring (bicyclic) bond motifs is 1. The van der Waals surface area contributed by atoms with Crippen molar-refractivity contribution in [2.75, 3.05) is 19.3 Å². The fraction of sp³-hybridized carbons (Fsp3) is 0.538. The topological polar surface area (TPSA) is 32.3 Å². The Balaban J connectivity index is 1.90. The molecular weight excluding hydrogens is 218 g/mol. The fourth-order valence-electron chi connectivity index (χ4n) is 2.12. The summed E-state index contributed by atoms with van der Waals surface area (Å²) in [5.41, 5.74) is 3.02. The summed E-state index contributed by atoms with van der Waals surface area (Å²) in [7, 11) is 1.86. The predicted molar refractivity (Wildman–Crippen MR) is 69.1 cm³/mol. The number of aliphatic hydroxyl groups excluding tert-OH is 1. The van der Waals surface area contributed by atoms with E-state index in [2.05, 4.69) is 23.5 Å². The predicted octanol–water partition coefficient (Wildman–Crippen LogP) is 1.85. The highest BCUT2D eigenvalue weighted by molar-refractivity contribution is 7.99. The summed E-state index contributed by atoms with van der Waals surface area (Å²) in [5, 5.41) is 12.6. The molecule has 0 amide bonds. The molecule has 0 fully saturated rings. The van der Waals surface area contributed by atoms with E-state index < -0.39 is 0 Å². The van der Waals surface area contributed by atoms with Gasteiger partial charge in [0.2, 0.25) is 0 Å². The van der Waals surface area contributed by atoms with E-state index in [9.17, 15) is 5.11 Å². The molecule has 2 nitrogen and oxygen atoms in total. The molecule has 0 aromatic heterocycles. The van der Waals surface area contributed by atoms with E-state index in [-0.39, 0.29) is 6.10 Å². The number of rotatable bonds is 5. The molecule has 0 aliphatic heterocycles. The third kappa shape index (κ3) is 3.00. The van der Waals surface area contributed by atoms with Gasteiger partial charge in [-0.15, -0.1) is 11.8 Å². The fourth-order valence-corrected chi connectivity index (χ4v) is 3.02. The molecule has 1 aliphatic rings. The number of likely N-dealkylation sites (N-methyl/N-ethyl adjacent to an activating group) is 1. The van der Waals surface area contributed by atoms with Crippen molar-refractivity contribution in [2.45, 2.75) is 30.3 Å². The van der Waals surface area contributed by atoms with E-state index in [0.717, 1.165) is 5.75 Å². The Morgan fingerprint density at radius 1 is 1.38 bits per heavy atom. The van der Waals surface area contributed by atoms with Crippen LogP contribution in [0.15, 0.2) is 23.1 Å². The van der Waals surface area contributed by atoms with Gasteiger partial charge in [-0.25, -0.2) is 0 Å². The SMILES string of the molecule is CNCC(O)CSc1ccc2c(c1)CCC2. The molecule has 0 saturated heterocycles. The molecule has 88 valence electrons. The van der Waals surface area contributed by atoms with E-state index in [1.807, 2.05) is 7.05 Å². The highest BCUT2D eigenvalue weighted by atomic mass is 32.2. The molecule has 1 aromatic carbocycles. The zero-order chi connectivity index (χ0) is 11.4. The summed E-state index contributed by atoms with van der Waals surface area (Å²) in [6, 6.07) is 6.72. The second-order valence-corrected chi connectivity index (χ2v) is 5.40. The highest BCUT2D eigenvalue weighted by Crippen LogP contribution is 2.27. The van der Waals surface area contributed by atoms with Crippen LogP contribution in [-0.4, -0.2) is 30.6 Å². The molecule has 2 N–H and O–H groups in total. The summed E-state index contributed by atoms with van der Waals surface area (Å²) >= 11 is 1.74. The third-order valence-corrected chi connectivity index (χ3v) is 4.09. The molecule has 1 aromatic rings. The van der Waals surface area contributed by atoms with Crippen LogP contribution in [0.2, 0.25) is 0 Å². The quantitative estimate of drug-likeness (QED) is 0.767. The first kappa shape index (κ1) is 12.0. The monoisotopic (exact) mass is 237 g/mol. The number of benzene rings is 1. The van der Waals surface area contributed by atoms with Gasteiger partial charge in [0.25, 0.3) is 0 Å². The van der Waals surface area contributed by atoms with E-state index in [0.29, 0.717) is 6.54 Å². The lowest BCUT2D eigenvalue weighted by molar-refractivity contribution is 0.199. The van der Waals surface area contributed by atoms with Gasteiger partial charge in [0.05, 0.1) is 6.10 Å². The first-order valence-corrected chi connectivity index (χ1v) is 6.85. The van der Waals surface area contributed by atoms with Crippen molar-refractivity contribution >= 4 is 11.8 Å². The number of aryl methyl sites for hydroxylation is 2. The maximum Gasteiger partial charge on any atom is 0.0758 e. The van der Waals surface area contributed by atoms with Crippen molar-refractivity contribution in [1.82, 2.24) is 5.32 Å². The normalized spacial score (nSPS) is 16.1. The number of nitrogens with one attached hydrogen (secondary N) is 1. The average molecular weight is 237 g/mol. The minimum atomic E-state index is -0.261. The van der Waals surface area contributed by atoms with Crippen LogP contribution in [0, 0.1) is 0 Å². The average Bonchev–Trinajstić information content (AvgIpc) is 2.74. The molecule has 0 radical (unpaired) electrons. The van der Waals surface area contributed by atoms with Crippen LogP contribution < -0.4 is 5.32 Å². The third-order valence-electron chi connectivity index (χ3n) is 2.95. The Labute approximate surface area is 101 Å². The van der Waals surface area contributed by atoms with Gasteiger partial charge in [-0.05, 0) is 49.6 Å². The van der Waals surface area contributed by atoms with Gasteiger partial charge in [-0.1, -0.05) is 6.07 Å². The largest absolute Gasteiger partial charge is 0.391 e.